The highest BCUT2D eigenvalue weighted by Gasteiger charge is 2.27. The molecule has 1 aromatic heterocycles. The van der Waals surface area contributed by atoms with Crippen molar-refractivity contribution in [3.8, 4) is 6.07 Å². The lowest BCUT2D eigenvalue weighted by Crippen LogP contribution is -2.04. The molecule has 15 heavy (non-hydrogen) atoms. The van der Waals surface area contributed by atoms with E-state index in [-0.39, 0.29) is 5.82 Å². The van der Waals surface area contributed by atoms with Crippen molar-refractivity contribution in [1.82, 2.24) is 4.98 Å². The van der Waals surface area contributed by atoms with E-state index in [1.807, 2.05) is 0 Å². The maximum absolute atomic E-state index is 12.4. The largest absolute Gasteiger partial charge is 0.383 e. The number of nitrogens with two attached hydrogens (primary N) is 1. The zero-order chi connectivity index (χ0) is 11.6. The van der Waals surface area contributed by atoms with Crippen molar-refractivity contribution >= 4 is 11.5 Å². The van der Waals surface area contributed by atoms with Crippen molar-refractivity contribution in [3.63, 3.8) is 0 Å². The van der Waals surface area contributed by atoms with Gasteiger partial charge in [-0.15, -0.1) is 0 Å². The Bertz CT molecular complexity index is 455. The van der Waals surface area contributed by atoms with E-state index in [9.17, 15) is 18.9 Å². The third-order valence-electron chi connectivity index (χ3n) is 1.58. The van der Waals surface area contributed by atoms with Gasteiger partial charge in [-0.3, -0.25) is 10.1 Å². The van der Waals surface area contributed by atoms with Crippen LogP contribution in [0.1, 0.15) is 17.7 Å². The minimum atomic E-state index is -3.15. The van der Waals surface area contributed by atoms with Gasteiger partial charge in [0.15, 0.2) is 5.69 Å². The van der Waals surface area contributed by atoms with Gasteiger partial charge in [0.1, 0.15) is 17.5 Å². The maximum Gasteiger partial charge on any atom is 0.284 e. The molecule has 0 aliphatic heterocycles. The fraction of sp³-hybridized carbons (Fsp3) is 0.143. The van der Waals surface area contributed by atoms with Gasteiger partial charge in [0, 0.05) is 0 Å². The first kappa shape index (κ1) is 10.8. The average Bonchev–Trinajstić information content (AvgIpc) is 2.15. The lowest BCUT2D eigenvalue weighted by atomic mass is 10.1. The monoisotopic (exact) mass is 214 g/mol. The molecular formula is C7H4F2N4O2. The van der Waals surface area contributed by atoms with E-state index in [0.29, 0.717) is 6.07 Å². The summed E-state index contributed by atoms with van der Waals surface area (Å²) in [5, 5.41) is 18.9. The third-order valence-corrected chi connectivity index (χ3v) is 1.58. The summed E-state index contributed by atoms with van der Waals surface area (Å²) in [6.07, 6.45) is -3.15. The topological polar surface area (TPSA) is 106 Å². The van der Waals surface area contributed by atoms with Crippen molar-refractivity contribution in [2.75, 3.05) is 5.73 Å². The van der Waals surface area contributed by atoms with Crippen LogP contribution < -0.4 is 5.73 Å². The first-order valence-electron chi connectivity index (χ1n) is 3.60. The standard InChI is InChI=1S/C7H4F2N4O2/c8-7(9)6-3(2-10)12-5(11)1-4(6)13(14)15/h1,7H,(H2,11,12). The van der Waals surface area contributed by atoms with E-state index in [4.69, 9.17) is 11.0 Å². The third kappa shape index (κ3) is 1.96. The Hall–Kier alpha value is -2.30. The highest BCUT2D eigenvalue weighted by molar-refractivity contribution is 5.54. The van der Waals surface area contributed by atoms with Crippen LogP contribution in [-0.4, -0.2) is 9.91 Å². The van der Waals surface area contributed by atoms with E-state index in [1.54, 1.807) is 0 Å². The molecule has 0 saturated carbocycles. The number of aromatic nitrogens is 1. The Kier molecular flexibility index (Phi) is 2.75. The van der Waals surface area contributed by atoms with E-state index in [1.165, 1.54) is 6.07 Å². The van der Waals surface area contributed by atoms with Gasteiger partial charge in [-0.25, -0.2) is 13.8 Å². The number of hydrogen-bond acceptors (Lipinski definition) is 5. The molecule has 0 unspecified atom stereocenters. The van der Waals surface area contributed by atoms with E-state index >= 15 is 0 Å². The molecule has 0 saturated heterocycles. The molecule has 0 bridgehead atoms. The van der Waals surface area contributed by atoms with E-state index in [0.717, 1.165) is 0 Å². The molecule has 78 valence electrons. The second kappa shape index (κ2) is 3.83. The minimum Gasteiger partial charge on any atom is -0.383 e. The van der Waals surface area contributed by atoms with E-state index in [2.05, 4.69) is 4.98 Å². The number of nitrogens with zero attached hydrogens (tertiary/aromatic N) is 3. The number of nitro groups is 1. The maximum atomic E-state index is 12.4. The number of pyridine rings is 1. The number of nitriles is 1. The lowest BCUT2D eigenvalue weighted by Gasteiger charge is -2.03. The summed E-state index contributed by atoms with van der Waals surface area (Å²) in [7, 11) is 0. The zero-order valence-corrected chi connectivity index (χ0v) is 7.15. The number of halogens is 2. The minimum absolute atomic E-state index is 0.345. The van der Waals surface area contributed by atoms with Crippen LogP contribution in [0, 0.1) is 21.4 Å². The first-order valence-corrected chi connectivity index (χ1v) is 3.60. The van der Waals surface area contributed by atoms with Gasteiger partial charge in [0.05, 0.1) is 11.0 Å². The molecule has 0 aromatic carbocycles. The normalized spacial score (nSPS) is 10.0. The Morgan fingerprint density at radius 1 is 1.67 bits per heavy atom. The molecule has 6 nitrogen and oxygen atoms in total. The SMILES string of the molecule is N#Cc1nc(N)cc([N+](=O)[O-])c1C(F)F. The highest BCUT2D eigenvalue weighted by Crippen LogP contribution is 2.31. The molecule has 8 heteroatoms. The van der Waals surface area contributed by atoms with Crippen LogP contribution >= 0.6 is 0 Å². The number of nitrogen functional groups attached to an aromatic ring is 1. The number of hydrogen-bond donors (Lipinski definition) is 1. The van der Waals surface area contributed by atoms with Crippen LogP contribution in [0.2, 0.25) is 0 Å². The fourth-order valence-electron chi connectivity index (χ4n) is 1.01. The van der Waals surface area contributed by atoms with Crippen LogP contribution in [-0.2, 0) is 0 Å². The molecule has 0 radical (unpaired) electrons. The molecule has 0 aliphatic carbocycles. The lowest BCUT2D eigenvalue weighted by molar-refractivity contribution is -0.386. The van der Waals surface area contributed by atoms with Crippen molar-refractivity contribution < 1.29 is 13.7 Å². The second-order valence-electron chi connectivity index (χ2n) is 2.50. The molecule has 0 aliphatic rings. The average molecular weight is 214 g/mol. The van der Waals surface area contributed by atoms with Gasteiger partial charge in [0.2, 0.25) is 0 Å². The molecule has 1 aromatic rings. The Morgan fingerprint density at radius 3 is 2.67 bits per heavy atom. The summed E-state index contributed by atoms with van der Waals surface area (Å²) in [6, 6.07) is 2.03. The van der Waals surface area contributed by atoms with Gasteiger partial charge in [-0.1, -0.05) is 0 Å². The zero-order valence-electron chi connectivity index (χ0n) is 7.15. The van der Waals surface area contributed by atoms with Gasteiger partial charge < -0.3 is 5.73 Å². The fourth-order valence-corrected chi connectivity index (χ4v) is 1.01. The molecule has 1 heterocycles. The quantitative estimate of drug-likeness (QED) is 0.591. The summed E-state index contributed by atoms with van der Waals surface area (Å²) in [4.78, 5) is 12.7. The van der Waals surface area contributed by atoms with Gasteiger partial charge in [-0.2, -0.15) is 5.26 Å². The smallest absolute Gasteiger partial charge is 0.284 e. The van der Waals surface area contributed by atoms with Crippen LogP contribution in [0.15, 0.2) is 6.07 Å². The van der Waals surface area contributed by atoms with Crippen LogP contribution in [0.4, 0.5) is 20.3 Å². The highest BCUT2D eigenvalue weighted by atomic mass is 19.3. The van der Waals surface area contributed by atoms with Crippen molar-refractivity contribution in [1.29, 1.82) is 5.26 Å². The molecule has 0 spiro atoms. The number of anilines is 1. The van der Waals surface area contributed by atoms with E-state index < -0.39 is 28.3 Å². The van der Waals surface area contributed by atoms with Crippen molar-refractivity contribution in [2.24, 2.45) is 0 Å². The van der Waals surface area contributed by atoms with Crippen LogP contribution in [0.3, 0.4) is 0 Å². The van der Waals surface area contributed by atoms with Gasteiger partial charge in [-0.05, 0) is 0 Å². The van der Waals surface area contributed by atoms with Crippen molar-refractivity contribution in [2.45, 2.75) is 6.43 Å². The molecule has 2 N–H and O–H groups in total. The van der Waals surface area contributed by atoms with Gasteiger partial charge in [0.25, 0.3) is 12.1 Å². The summed E-state index contributed by atoms with van der Waals surface area (Å²) in [6.45, 7) is 0. The first-order chi connectivity index (χ1) is 6.97. The number of rotatable bonds is 2. The summed E-state index contributed by atoms with van der Waals surface area (Å²) < 4.78 is 24.9. The summed E-state index contributed by atoms with van der Waals surface area (Å²) in [5.74, 6) is -0.345. The predicted molar refractivity (Wildman–Crippen MR) is 45.0 cm³/mol. The molecule has 1 rings (SSSR count). The van der Waals surface area contributed by atoms with Gasteiger partial charge >= 0.3 is 0 Å². The molecule has 0 fully saturated rings. The molecular weight excluding hydrogens is 210 g/mol. The van der Waals surface area contributed by atoms with Crippen molar-refractivity contribution in [3.05, 3.63) is 27.4 Å². The number of alkyl halides is 2. The predicted octanol–water partition coefficient (Wildman–Crippen LogP) is 1.38. The second-order valence-corrected chi connectivity index (χ2v) is 2.50. The Morgan fingerprint density at radius 2 is 2.27 bits per heavy atom. The summed E-state index contributed by atoms with van der Waals surface area (Å²) in [5.41, 5.74) is 2.51. The van der Waals surface area contributed by atoms with Crippen LogP contribution in [0.25, 0.3) is 0 Å². The molecule has 0 amide bonds. The van der Waals surface area contributed by atoms with Crippen LogP contribution in [0.5, 0.6) is 0 Å². The summed E-state index contributed by atoms with van der Waals surface area (Å²) >= 11 is 0. The Balaban J connectivity index is 3.56. The Labute approximate surface area is 82.1 Å². The molecule has 0 atom stereocenters.